The van der Waals surface area contributed by atoms with E-state index >= 15 is 0 Å². The molecule has 1 aromatic carbocycles. The van der Waals surface area contributed by atoms with E-state index in [2.05, 4.69) is 36.2 Å². The van der Waals surface area contributed by atoms with Crippen LogP contribution in [0.5, 0.6) is 0 Å². The third-order valence-electron chi connectivity index (χ3n) is 2.36. The van der Waals surface area contributed by atoms with E-state index in [0.29, 0.717) is 0 Å². The SMILES string of the molecule is CCSc1ccc(-c2nc(C(C)O)cs2)cc1. The highest BCUT2D eigenvalue weighted by Gasteiger charge is 2.08. The topological polar surface area (TPSA) is 33.1 Å². The van der Waals surface area contributed by atoms with Crippen LogP contribution >= 0.6 is 23.1 Å². The van der Waals surface area contributed by atoms with Gasteiger partial charge in [-0.25, -0.2) is 4.98 Å². The highest BCUT2D eigenvalue weighted by atomic mass is 32.2. The Morgan fingerprint density at radius 1 is 1.35 bits per heavy atom. The molecular formula is C13H15NOS2. The van der Waals surface area contributed by atoms with Crippen molar-refractivity contribution >= 4 is 23.1 Å². The molecule has 1 N–H and O–H groups in total. The molecule has 1 atom stereocenters. The Morgan fingerprint density at radius 2 is 2.06 bits per heavy atom. The molecule has 0 spiro atoms. The monoisotopic (exact) mass is 265 g/mol. The number of hydrogen-bond donors (Lipinski definition) is 1. The minimum absolute atomic E-state index is 0.491. The number of aliphatic hydroxyl groups is 1. The zero-order chi connectivity index (χ0) is 12.3. The molecule has 0 aliphatic heterocycles. The number of hydrogen-bond acceptors (Lipinski definition) is 4. The summed E-state index contributed by atoms with van der Waals surface area (Å²) in [4.78, 5) is 5.70. The van der Waals surface area contributed by atoms with Crippen LogP contribution in [0.2, 0.25) is 0 Å². The van der Waals surface area contributed by atoms with Crippen LogP contribution in [0.4, 0.5) is 0 Å². The van der Waals surface area contributed by atoms with E-state index in [-0.39, 0.29) is 0 Å². The molecule has 0 saturated carbocycles. The van der Waals surface area contributed by atoms with Crippen LogP contribution in [-0.4, -0.2) is 15.8 Å². The predicted octanol–water partition coefficient (Wildman–Crippen LogP) is 3.98. The zero-order valence-corrected chi connectivity index (χ0v) is 11.5. The maximum atomic E-state index is 9.44. The predicted molar refractivity (Wildman–Crippen MR) is 74.6 cm³/mol. The normalized spacial score (nSPS) is 12.6. The number of nitrogens with zero attached hydrogens (tertiary/aromatic N) is 1. The van der Waals surface area contributed by atoms with Gasteiger partial charge >= 0.3 is 0 Å². The number of aliphatic hydroxyl groups excluding tert-OH is 1. The lowest BCUT2D eigenvalue weighted by Gasteiger charge is -2.00. The number of aromatic nitrogens is 1. The van der Waals surface area contributed by atoms with Crippen LogP contribution in [-0.2, 0) is 0 Å². The van der Waals surface area contributed by atoms with Gasteiger partial charge in [0.25, 0.3) is 0 Å². The molecule has 0 aliphatic rings. The van der Waals surface area contributed by atoms with Gasteiger partial charge in [0.1, 0.15) is 5.01 Å². The summed E-state index contributed by atoms with van der Waals surface area (Å²) in [6.07, 6.45) is -0.491. The second-order valence-electron chi connectivity index (χ2n) is 3.71. The third-order valence-corrected chi connectivity index (χ3v) is 4.17. The summed E-state index contributed by atoms with van der Waals surface area (Å²) in [5.74, 6) is 1.09. The second-order valence-corrected chi connectivity index (χ2v) is 5.91. The molecule has 1 unspecified atom stereocenters. The van der Waals surface area contributed by atoms with Crippen LogP contribution < -0.4 is 0 Å². The molecule has 0 amide bonds. The molecule has 90 valence electrons. The number of rotatable bonds is 4. The molecule has 4 heteroatoms. The van der Waals surface area contributed by atoms with E-state index in [0.717, 1.165) is 22.0 Å². The summed E-state index contributed by atoms with van der Waals surface area (Å²) >= 11 is 3.40. The van der Waals surface area contributed by atoms with Crippen molar-refractivity contribution in [3.05, 3.63) is 35.3 Å². The first-order chi connectivity index (χ1) is 8.20. The third kappa shape index (κ3) is 3.09. The van der Waals surface area contributed by atoms with Crippen molar-refractivity contribution in [1.29, 1.82) is 0 Å². The van der Waals surface area contributed by atoms with Gasteiger partial charge in [-0.15, -0.1) is 23.1 Å². The second kappa shape index (κ2) is 5.67. The van der Waals surface area contributed by atoms with Gasteiger partial charge in [0, 0.05) is 15.8 Å². The van der Waals surface area contributed by atoms with Crippen molar-refractivity contribution in [2.45, 2.75) is 24.8 Å². The average molecular weight is 265 g/mol. The first kappa shape index (κ1) is 12.6. The minimum atomic E-state index is -0.491. The maximum absolute atomic E-state index is 9.44. The van der Waals surface area contributed by atoms with Crippen LogP contribution in [0.15, 0.2) is 34.5 Å². The van der Waals surface area contributed by atoms with Crippen molar-refractivity contribution in [3.63, 3.8) is 0 Å². The lowest BCUT2D eigenvalue weighted by molar-refractivity contribution is 0.195. The van der Waals surface area contributed by atoms with E-state index < -0.39 is 6.10 Å². The van der Waals surface area contributed by atoms with Crippen molar-refractivity contribution < 1.29 is 5.11 Å². The van der Waals surface area contributed by atoms with E-state index in [1.165, 1.54) is 4.90 Å². The fourth-order valence-corrected chi connectivity index (χ4v) is 3.05. The van der Waals surface area contributed by atoms with Crippen LogP contribution in [0.25, 0.3) is 10.6 Å². The molecule has 0 aliphatic carbocycles. The first-order valence-electron chi connectivity index (χ1n) is 5.57. The molecule has 17 heavy (non-hydrogen) atoms. The zero-order valence-electron chi connectivity index (χ0n) is 9.88. The van der Waals surface area contributed by atoms with Gasteiger partial charge in [-0.2, -0.15) is 0 Å². The summed E-state index contributed by atoms with van der Waals surface area (Å²) in [5, 5.41) is 12.3. The van der Waals surface area contributed by atoms with Gasteiger partial charge in [0.05, 0.1) is 11.8 Å². The molecular weight excluding hydrogens is 250 g/mol. The number of thioether (sulfide) groups is 1. The van der Waals surface area contributed by atoms with E-state index in [9.17, 15) is 5.11 Å². The largest absolute Gasteiger partial charge is 0.387 e. The van der Waals surface area contributed by atoms with Gasteiger partial charge in [0.2, 0.25) is 0 Å². The quantitative estimate of drug-likeness (QED) is 0.849. The Balaban J connectivity index is 2.21. The van der Waals surface area contributed by atoms with E-state index in [4.69, 9.17) is 0 Å². The standard InChI is InChI=1S/C13H15NOS2/c1-3-16-11-6-4-10(5-7-11)13-14-12(8-17-13)9(2)15/h4-9,15H,3H2,1-2H3. The number of thiazole rings is 1. The lowest BCUT2D eigenvalue weighted by Crippen LogP contribution is -1.90. The van der Waals surface area contributed by atoms with Gasteiger partial charge in [-0.05, 0) is 24.8 Å². The van der Waals surface area contributed by atoms with Crippen molar-refractivity contribution in [1.82, 2.24) is 4.98 Å². The Kier molecular flexibility index (Phi) is 4.20. The van der Waals surface area contributed by atoms with Crippen molar-refractivity contribution in [2.75, 3.05) is 5.75 Å². The van der Waals surface area contributed by atoms with E-state index in [1.54, 1.807) is 18.3 Å². The molecule has 1 aromatic heterocycles. The summed E-state index contributed by atoms with van der Waals surface area (Å²) < 4.78 is 0. The van der Waals surface area contributed by atoms with Crippen LogP contribution in [0, 0.1) is 0 Å². The van der Waals surface area contributed by atoms with Gasteiger partial charge in [-0.1, -0.05) is 19.1 Å². The average Bonchev–Trinajstić information content (AvgIpc) is 2.80. The maximum Gasteiger partial charge on any atom is 0.123 e. The molecule has 2 aromatic rings. The Morgan fingerprint density at radius 3 is 2.59 bits per heavy atom. The first-order valence-corrected chi connectivity index (χ1v) is 7.44. The summed E-state index contributed by atoms with van der Waals surface area (Å²) in [6, 6.07) is 8.41. The molecule has 0 bridgehead atoms. The Hall–Kier alpha value is -0.840. The summed E-state index contributed by atoms with van der Waals surface area (Å²) in [6.45, 7) is 3.88. The Labute approximate surface area is 110 Å². The van der Waals surface area contributed by atoms with Gasteiger partial charge in [0.15, 0.2) is 0 Å². The molecule has 2 rings (SSSR count). The van der Waals surface area contributed by atoms with Crippen molar-refractivity contribution in [2.24, 2.45) is 0 Å². The summed E-state index contributed by atoms with van der Waals surface area (Å²) in [5.41, 5.74) is 1.86. The molecule has 0 saturated heterocycles. The minimum Gasteiger partial charge on any atom is -0.387 e. The molecule has 0 radical (unpaired) electrons. The van der Waals surface area contributed by atoms with Gasteiger partial charge in [-0.3, -0.25) is 0 Å². The van der Waals surface area contributed by atoms with Crippen LogP contribution in [0.1, 0.15) is 25.6 Å². The van der Waals surface area contributed by atoms with Gasteiger partial charge < -0.3 is 5.11 Å². The van der Waals surface area contributed by atoms with Crippen LogP contribution in [0.3, 0.4) is 0 Å². The summed E-state index contributed by atoms with van der Waals surface area (Å²) in [7, 11) is 0. The fourth-order valence-electron chi connectivity index (χ4n) is 1.47. The van der Waals surface area contributed by atoms with E-state index in [1.807, 2.05) is 17.1 Å². The van der Waals surface area contributed by atoms with Crippen molar-refractivity contribution in [3.8, 4) is 10.6 Å². The highest BCUT2D eigenvalue weighted by Crippen LogP contribution is 2.28. The number of benzene rings is 1. The lowest BCUT2D eigenvalue weighted by atomic mass is 10.2. The highest BCUT2D eigenvalue weighted by molar-refractivity contribution is 7.99. The fraction of sp³-hybridized carbons (Fsp3) is 0.308. The smallest absolute Gasteiger partial charge is 0.123 e. The molecule has 2 nitrogen and oxygen atoms in total. The molecule has 0 fully saturated rings. The molecule has 1 heterocycles. The Bertz CT molecular complexity index is 476.